The largest absolute Gasteiger partial charge is 0.489 e. The van der Waals surface area contributed by atoms with Crippen LogP contribution in [-0.4, -0.2) is 40.3 Å². The fourth-order valence-corrected chi connectivity index (χ4v) is 1.97. The van der Waals surface area contributed by atoms with E-state index in [-0.39, 0.29) is 28.8 Å². The number of benzene rings is 1. The van der Waals surface area contributed by atoms with Crippen LogP contribution in [0.2, 0.25) is 5.02 Å². The van der Waals surface area contributed by atoms with Crippen LogP contribution in [0.15, 0.2) is 17.2 Å². The van der Waals surface area contributed by atoms with Crippen LogP contribution in [0.3, 0.4) is 0 Å². The van der Waals surface area contributed by atoms with Crippen LogP contribution in [0.5, 0.6) is 5.75 Å². The number of carboxylic acids is 1. The quantitative estimate of drug-likeness (QED) is 0.369. The number of hydrogen-bond donors (Lipinski definition) is 3. The molecule has 0 fully saturated rings. The average molecular weight is 401 g/mol. The summed E-state index contributed by atoms with van der Waals surface area (Å²) in [6.07, 6.45) is -5.66. The second-order valence-corrected chi connectivity index (χ2v) is 6.09. The van der Waals surface area contributed by atoms with Crippen molar-refractivity contribution in [3.05, 3.63) is 23.0 Å². The maximum Gasteiger partial charge on any atom is 0.423 e. The highest BCUT2D eigenvalue weighted by Gasteiger charge is 2.58. The highest BCUT2D eigenvalue weighted by Crippen LogP contribution is 2.36. The minimum Gasteiger partial charge on any atom is -0.489 e. The predicted octanol–water partition coefficient (Wildman–Crippen LogP) is 3.68. The van der Waals surface area contributed by atoms with Gasteiger partial charge in [-0.3, -0.25) is 10.2 Å². The van der Waals surface area contributed by atoms with E-state index in [0.717, 1.165) is 12.1 Å². The van der Waals surface area contributed by atoms with E-state index in [2.05, 4.69) is 5.10 Å². The number of aliphatic hydroxyl groups is 1. The number of rotatable bonds is 7. The summed E-state index contributed by atoms with van der Waals surface area (Å²) in [6.45, 7) is 4.03. The third-order valence-corrected chi connectivity index (χ3v) is 3.61. The summed E-state index contributed by atoms with van der Waals surface area (Å²) in [5.74, 6) is -5.01. The van der Waals surface area contributed by atoms with E-state index in [0.29, 0.717) is 6.92 Å². The number of hydrogen-bond acceptors (Lipinski definition) is 5. The second kappa shape index (κ2) is 8.09. The SMILES string of the molecule is CC(C)Oc1cc(N/N=C\C(O)(C(C)C(=O)O)C(F)(F)F)c(F)cc1Cl. The predicted molar refractivity (Wildman–Crippen MR) is 87.1 cm³/mol. The van der Waals surface area contributed by atoms with Crippen molar-refractivity contribution in [2.45, 2.75) is 38.7 Å². The number of carbonyl (C=O) groups is 1. The minimum atomic E-state index is -5.32. The van der Waals surface area contributed by atoms with Gasteiger partial charge >= 0.3 is 12.1 Å². The van der Waals surface area contributed by atoms with Crippen molar-refractivity contribution in [2.24, 2.45) is 11.0 Å². The molecule has 0 aromatic heterocycles. The zero-order valence-electron chi connectivity index (χ0n) is 13.9. The number of ether oxygens (including phenoxy) is 1. The summed E-state index contributed by atoms with van der Waals surface area (Å²) in [7, 11) is 0. The van der Waals surface area contributed by atoms with E-state index in [9.17, 15) is 27.5 Å². The molecule has 0 aliphatic carbocycles. The van der Waals surface area contributed by atoms with E-state index in [4.69, 9.17) is 21.4 Å². The molecule has 11 heteroatoms. The third-order valence-electron chi connectivity index (χ3n) is 3.32. The number of halogens is 5. The lowest BCUT2D eigenvalue weighted by Gasteiger charge is -2.29. The summed E-state index contributed by atoms with van der Waals surface area (Å²) >= 11 is 5.80. The van der Waals surface area contributed by atoms with Gasteiger partial charge in [0.15, 0.2) is 0 Å². The van der Waals surface area contributed by atoms with Crippen molar-refractivity contribution in [3.8, 4) is 5.75 Å². The zero-order chi connectivity index (χ0) is 20.3. The first-order valence-electron chi connectivity index (χ1n) is 7.27. The van der Waals surface area contributed by atoms with Crippen molar-refractivity contribution in [1.82, 2.24) is 0 Å². The number of nitrogens with one attached hydrogen (secondary N) is 1. The molecule has 0 aliphatic heterocycles. The standard InChI is InChI=1S/C15H17ClF4N2O4/c1-7(2)26-12-5-11(10(17)4-9(12)16)22-21-6-14(25,15(18,19)20)8(3)13(23)24/h4-8,22,25H,1-3H3,(H,23,24)/b21-6-. The van der Waals surface area contributed by atoms with Gasteiger partial charge in [0, 0.05) is 6.07 Å². The van der Waals surface area contributed by atoms with Crippen molar-refractivity contribution in [1.29, 1.82) is 0 Å². The Hall–Kier alpha value is -2.07. The molecule has 0 aliphatic rings. The van der Waals surface area contributed by atoms with E-state index >= 15 is 0 Å². The van der Waals surface area contributed by atoms with Gasteiger partial charge in [0.05, 0.1) is 28.9 Å². The average Bonchev–Trinajstić information content (AvgIpc) is 2.48. The number of carboxylic acid groups (broad SMARTS) is 1. The van der Waals surface area contributed by atoms with E-state index in [1.54, 1.807) is 13.8 Å². The van der Waals surface area contributed by atoms with E-state index < -0.39 is 29.5 Å². The maximum atomic E-state index is 13.9. The van der Waals surface area contributed by atoms with Crippen LogP contribution in [0.25, 0.3) is 0 Å². The van der Waals surface area contributed by atoms with Gasteiger partial charge in [-0.15, -0.1) is 0 Å². The number of aliphatic carboxylic acids is 1. The van der Waals surface area contributed by atoms with Crippen LogP contribution in [0.4, 0.5) is 23.2 Å². The van der Waals surface area contributed by atoms with Gasteiger partial charge in [-0.25, -0.2) is 4.39 Å². The van der Waals surface area contributed by atoms with Crippen LogP contribution in [0, 0.1) is 11.7 Å². The summed E-state index contributed by atoms with van der Waals surface area (Å²) in [6, 6.07) is 1.94. The van der Waals surface area contributed by atoms with Crippen molar-refractivity contribution >= 4 is 29.5 Å². The van der Waals surface area contributed by atoms with Gasteiger partial charge in [-0.2, -0.15) is 18.3 Å². The highest BCUT2D eigenvalue weighted by molar-refractivity contribution is 6.32. The summed E-state index contributed by atoms with van der Waals surface area (Å²) < 4.78 is 58.3. The molecule has 26 heavy (non-hydrogen) atoms. The van der Waals surface area contributed by atoms with Crippen molar-refractivity contribution < 1.29 is 37.3 Å². The summed E-state index contributed by atoms with van der Waals surface area (Å²) in [4.78, 5) is 10.8. The minimum absolute atomic E-state index is 0.0389. The highest BCUT2D eigenvalue weighted by atomic mass is 35.5. The molecule has 3 N–H and O–H groups in total. The maximum absolute atomic E-state index is 13.9. The number of hydrazone groups is 1. The molecular formula is C15H17ClF4N2O4. The normalized spacial score (nSPS) is 15.8. The molecule has 0 amide bonds. The van der Waals surface area contributed by atoms with E-state index in [1.807, 2.05) is 5.43 Å². The van der Waals surface area contributed by atoms with Gasteiger partial charge in [-0.1, -0.05) is 11.6 Å². The Balaban J connectivity index is 3.14. The molecule has 0 saturated heterocycles. The topological polar surface area (TPSA) is 91.1 Å². The molecule has 1 rings (SSSR count). The summed E-state index contributed by atoms with van der Waals surface area (Å²) in [5, 5.41) is 21.6. The van der Waals surface area contributed by atoms with Crippen molar-refractivity contribution in [2.75, 3.05) is 5.43 Å². The lowest BCUT2D eigenvalue weighted by atomic mass is 9.89. The second-order valence-electron chi connectivity index (χ2n) is 5.68. The molecule has 0 spiro atoms. The van der Waals surface area contributed by atoms with Crippen molar-refractivity contribution in [3.63, 3.8) is 0 Å². The Morgan fingerprint density at radius 2 is 1.92 bits per heavy atom. The Kier molecular flexibility index (Phi) is 6.83. The van der Waals surface area contributed by atoms with E-state index in [1.165, 1.54) is 0 Å². The smallest absolute Gasteiger partial charge is 0.423 e. The number of nitrogens with zero attached hydrogens (tertiary/aromatic N) is 1. The molecular weight excluding hydrogens is 384 g/mol. The fourth-order valence-electron chi connectivity index (χ4n) is 1.78. The number of alkyl halides is 3. The van der Waals surface area contributed by atoms with Gasteiger partial charge < -0.3 is 14.9 Å². The van der Waals surface area contributed by atoms with Gasteiger partial charge in [0.1, 0.15) is 11.6 Å². The molecule has 0 heterocycles. The van der Waals surface area contributed by atoms with Crippen LogP contribution < -0.4 is 10.2 Å². The monoisotopic (exact) mass is 400 g/mol. The Morgan fingerprint density at radius 1 is 1.35 bits per heavy atom. The Bertz CT molecular complexity index is 697. The molecule has 0 bridgehead atoms. The molecule has 1 aromatic carbocycles. The van der Waals surface area contributed by atoms with Gasteiger partial charge in [0.25, 0.3) is 0 Å². The number of anilines is 1. The van der Waals surface area contributed by atoms with Gasteiger partial charge in [0.2, 0.25) is 5.60 Å². The molecule has 2 unspecified atom stereocenters. The van der Waals surface area contributed by atoms with Gasteiger partial charge in [-0.05, 0) is 26.8 Å². The molecule has 6 nitrogen and oxygen atoms in total. The van der Waals surface area contributed by atoms with Crippen LogP contribution in [0.1, 0.15) is 20.8 Å². The molecule has 146 valence electrons. The molecule has 0 radical (unpaired) electrons. The zero-order valence-corrected chi connectivity index (χ0v) is 14.7. The lowest BCUT2D eigenvalue weighted by Crippen LogP contribution is -2.54. The molecule has 1 aromatic rings. The summed E-state index contributed by atoms with van der Waals surface area (Å²) in [5.41, 5.74) is -2.16. The molecule has 0 saturated carbocycles. The first kappa shape index (κ1) is 22.0. The molecule has 2 atom stereocenters. The first-order chi connectivity index (χ1) is 11.8. The Labute approximate surface area is 151 Å². The van der Waals surface area contributed by atoms with Crippen LogP contribution >= 0.6 is 11.6 Å². The third kappa shape index (κ3) is 4.98. The lowest BCUT2D eigenvalue weighted by molar-refractivity contribution is -0.245. The first-order valence-corrected chi connectivity index (χ1v) is 7.65. The fraction of sp³-hybridized carbons (Fsp3) is 0.467. The van der Waals surface area contributed by atoms with Crippen LogP contribution in [-0.2, 0) is 4.79 Å². The Morgan fingerprint density at radius 3 is 2.38 bits per heavy atom.